The van der Waals surface area contributed by atoms with E-state index in [4.69, 9.17) is 15.1 Å². The Kier molecular flexibility index (Phi) is 4.60. The lowest BCUT2D eigenvalue weighted by atomic mass is 10.0. The molecule has 1 N–H and O–H groups in total. The fraction of sp³-hybridized carbons (Fsp3) is 0.556. The third-order valence-electron chi connectivity index (χ3n) is 1.44. The molecule has 0 rings (SSSR count). The van der Waals surface area contributed by atoms with Crippen LogP contribution in [-0.2, 0) is 9.53 Å². The quantitative estimate of drug-likeness (QED) is 0.407. The Morgan fingerprint density at radius 1 is 1.62 bits per heavy atom. The number of hydrogen-bond donors (Lipinski definition) is 1. The van der Waals surface area contributed by atoms with E-state index in [1.807, 2.05) is 0 Å². The van der Waals surface area contributed by atoms with Crippen molar-refractivity contribution >= 4 is 5.97 Å². The number of allylic oxidation sites excluding steroid dienone is 1. The molecule has 0 aliphatic heterocycles. The molecule has 0 saturated carbocycles. The standard InChI is InChI=1S/C9H13NO3/c1-4-13-7(5-10)8(6(2)3)9(11)12/h6H,4H2,1-3H3,(H,11,12). The first kappa shape index (κ1) is 11.5. The number of carboxylic acid groups (broad SMARTS) is 1. The van der Waals surface area contributed by atoms with Gasteiger partial charge in [0, 0.05) is 0 Å². The molecule has 0 saturated heterocycles. The Morgan fingerprint density at radius 3 is 2.38 bits per heavy atom. The van der Waals surface area contributed by atoms with Crippen molar-refractivity contribution in [3.8, 4) is 6.07 Å². The summed E-state index contributed by atoms with van der Waals surface area (Å²) in [5.41, 5.74) is 0.0318. The Morgan fingerprint density at radius 2 is 2.15 bits per heavy atom. The highest BCUT2D eigenvalue weighted by atomic mass is 16.5. The van der Waals surface area contributed by atoms with E-state index in [0.717, 1.165) is 0 Å². The van der Waals surface area contributed by atoms with Crippen LogP contribution in [-0.4, -0.2) is 17.7 Å². The summed E-state index contributed by atoms with van der Waals surface area (Å²) in [6.07, 6.45) is 0. The number of aliphatic carboxylic acids is 1. The average molecular weight is 183 g/mol. The molecule has 0 aromatic heterocycles. The van der Waals surface area contributed by atoms with E-state index < -0.39 is 5.97 Å². The van der Waals surface area contributed by atoms with Crippen molar-refractivity contribution in [2.75, 3.05) is 6.61 Å². The van der Waals surface area contributed by atoms with Crippen molar-refractivity contribution in [3.63, 3.8) is 0 Å². The number of hydrogen-bond acceptors (Lipinski definition) is 3. The molecule has 0 radical (unpaired) electrons. The zero-order chi connectivity index (χ0) is 10.4. The van der Waals surface area contributed by atoms with Gasteiger partial charge in [0.2, 0.25) is 5.76 Å². The van der Waals surface area contributed by atoms with Gasteiger partial charge in [-0.3, -0.25) is 0 Å². The zero-order valence-electron chi connectivity index (χ0n) is 8.00. The van der Waals surface area contributed by atoms with Gasteiger partial charge in [-0.15, -0.1) is 0 Å². The Hall–Kier alpha value is -1.50. The molecule has 0 aliphatic carbocycles. The highest BCUT2D eigenvalue weighted by Gasteiger charge is 2.19. The summed E-state index contributed by atoms with van der Waals surface area (Å²) in [6, 6.07) is 1.74. The molecule has 13 heavy (non-hydrogen) atoms. The molecule has 4 heteroatoms. The zero-order valence-corrected chi connectivity index (χ0v) is 8.00. The summed E-state index contributed by atoms with van der Waals surface area (Å²) >= 11 is 0. The average Bonchev–Trinajstić information content (AvgIpc) is 2.02. The monoisotopic (exact) mass is 183 g/mol. The second-order valence-electron chi connectivity index (χ2n) is 2.75. The van der Waals surface area contributed by atoms with Crippen molar-refractivity contribution in [1.29, 1.82) is 5.26 Å². The van der Waals surface area contributed by atoms with Crippen LogP contribution in [0, 0.1) is 17.2 Å². The van der Waals surface area contributed by atoms with Gasteiger partial charge in [0.1, 0.15) is 6.07 Å². The number of rotatable bonds is 4. The maximum Gasteiger partial charge on any atom is 0.336 e. The summed E-state index contributed by atoms with van der Waals surface area (Å²) in [6.45, 7) is 5.42. The van der Waals surface area contributed by atoms with Gasteiger partial charge in [0.05, 0.1) is 12.2 Å². The predicted molar refractivity (Wildman–Crippen MR) is 46.7 cm³/mol. The molecule has 0 aromatic rings. The topological polar surface area (TPSA) is 70.3 Å². The van der Waals surface area contributed by atoms with E-state index in [1.165, 1.54) is 0 Å². The van der Waals surface area contributed by atoms with Gasteiger partial charge >= 0.3 is 5.97 Å². The molecule has 0 atom stereocenters. The molecule has 0 amide bonds. The van der Waals surface area contributed by atoms with Gasteiger partial charge in [-0.25, -0.2) is 4.79 Å². The Bertz CT molecular complexity index is 261. The molecule has 0 aliphatic rings. The minimum Gasteiger partial charge on any atom is -0.484 e. The van der Waals surface area contributed by atoms with Crippen molar-refractivity contribution in [2.45, 2.75) is 20.8 Å². The molecule has 0 heterocycles. The van der Waals surface area contributed by atoms with Crippen LogP contribution in [0.25, 0.3) is 0 Å². The van der Waals surface area contributed by atoms with Gasteiger partial charge in [0.15, 0.2) is 0 Å². The van der Waals surface area contributed by atoms with Crippen LogP contribution in [0.3, 0.4) is 0 Å². The summed E-state index contributed by atoms with van der Waals surface area (Å²) in [7, 11) is 0. The smallest absolute Gasteiger partial charge is 0.336 e. The summed E-state index contributed by atoms with van der Waals surface area (Å²) in [4.78, 5) is 10.7. The van der Waals surface area contributed by atoms with E-state index in [-0.39, 0.29) is 17.3 Å². The molecule has 4 nitrogen and oxygen atoms in total. The first-order valence-electron chi connectivity index (χ1n) is 4.04. The molecule has 72 valence electrons. The maximum absolute atomic E-state index is 10.7. The van der Waals surface area contributed by atoms with Crippen LogP contribution in [0.2, 0.25) is 0 Å². The van der Waals surface area contributed by atoms with E-state index in [9.17, 15) is 4.79 Å². The van der Waals surface area contributed by atoms with Gasteiger partial charge in [0.25, 0.3) is 0 Å². The lowest BCUT2D eigenvalue weighted by Gasteiger charge is -2.09. The fourth-order valence-electron chi connectivity index (χ4n) is 0.921. The van der Waals surface area contributed by atoms with Gasteiger partial charge in [-0.05, 0) is 12.8 Å². The normalized spacial score (nSPS) is 11.9. The third kappa shape index (κ3) is 3.16. The Balaban J connectivity index is 5.04. The van der Waals surface area contributed by atoms with E-state index in [1.54, 1.807) is 26.8 Å². The lowest BCUT2D eigenvalue weighted by Crippen LogP contribution is -2.11. The first-order valence-corrected chi connectivity index (χ1v) is 4.04. The van der Waals surface area contributed by atoms with E-state index in [0.29, 0.717) is 6.61 Å². The highest BCUT2D eigenvalue weighted by Crippen LogP contribution is 2.15. The largest absolute Gasteiger partial charge is 0.484 e. The maximum atomic E-state index is 10.7. The van der Waals surface area contributed by atoms with Crippen molar-refractivity contribution in [1.82, 2.24) is 0 Å². The number of nitrogens with zero attached hydrogens (tertiary/aromatic N) is 1. The molecule has 0 aromatic carbocycles. The summed E-state index contributed by atoms with van der Waals surface area (Å²) in [5.74, 6) is -1.41. The van der Waals surface area contributed by atoms with Crippen LogP contribution in [0.1, 0.15) is 20.8 Å². The third-order valence-corrected chi connectivity index (χ3v) is 1.44. The van der Waals surface area contributed by atoms with Crippen molar-refractivity contribution in [2.24, 2.45) is 5.92 Å². The minimum absolute atomic E-state index is 0.0318. The lowest BCUT2D eigenvalue weighted by molar-refractivity contribution is -0.133. The van der Waals surface area contributed by atoms with Gasteiger partial charge in [-0.1, -0.05) is 13.8 Å². The molecule has 0 spiro atoms. The molecular weight excluding hydrogens is 170 g/mol. The molecule has 0 fully saturated rings. The van der Waals surface area contributed by atoms with Crippen molar-refractivity contribution < 1.29 is 14.6 Å². The summed E-state index contributed by atoms with van der Waals surface area (Å²) in [5, 5.41) is 17.4. The van der Waals surface area contributed by atoms with E-state index in [2.05, 4.69) is 0 Å². The van der Waals surface area contributed by atoms with Crippen LogP contribution in [0.4, 0.5) is 0 Å². The molecular formula is C9H13NO3. The Labute approximate surface area is 77.4 Å². The van der Waals surface area contributed by atoms with E-state index >= 15 is 0 Å². The molecule has 0 unspecified atom stereocenters. The van der Waals surface area contributed by atoms with Crippen molar-refractivity contribution in [3.05, 3.63) is 11.3 Å². The number of carbonyl (C=O) groups is 1. The number of ether oxygens (including phenoxy) is 1. The van der Waals surface area contributed by atoms with Gasteiger partial charge < -0.3 is 9.84 Å². The van der Waals surface area contributed by atoms with Crippen LogP contribution >= 0.6 is 0 Å². The number of carboxylic acids is 1. The molecule has 0 bridgehead atoms. The summed E-state index contributed by atoms with van der Waals surface area (Å²) < 4.78 is 4.91. The number of nitriles is 1. The SMILES string of the molecule is CCOC(C#N)=C(C(=O)O)C(C)C. The second kappa shape index (κ2) is 5.20. The first-order chi connectivity index (χ1) is 6.04. The highest BCUT2D eigenvalue weighted by molar-refractivity contribution is 5.88. The predicted octanol–water partition coefficient (Wildman–Crippen LogP) is 1.54. The van der Waals surface area contributed by atoms with Crippen LogP contribution in [0.15, 0.2) is 11.3 Å². The second-order valence-corrected chi connectivity index (χ2v) is 2.75. The van der Waals surface area contributed by atoms with Crippen LogP contribution < -0.4 is 0 Å². The van der Waals surface area contributed by atoms with Crippen LogP contribution in [0.5, 0.6) is 0 Å². The van der Waals surface area contributed by atoms with Gasteiger partial charge in [-0.2, -0.15) is 5.26 Å². The minimum atomic E-state index is -1.10. The fourth-order valence-corrected chi connectivity index (χ4v) is 0.921.